The second kappa shape index (κ2) is 5.78. The molecule has 2 rings (SSSR count). The molecule has 0 saturated carbocycles. The Morgan fingerprint density at radius 1 is 1.65 bits per heavy atom. The van der Waals surface area contributed by atoms with Gasteiger partial charge in [0.05, 0.1) is 6.61 Å². The van der Waals surface area contributed by atoms with Crippen molar-refractivity contribution < 1.29 is 9.13 Å². The maximum absolute atomic E-state index is 13.8. The first kappa shape index (κ1) is 12.8. The molecule has 2 heterocycles. The summed E-state index contributed by atoms with van der Waals surface area (Å²) in [6.07, 6.45) is 3.84. The topological polar surface area (TPSA) is 25.4 Å². The van der Waals surface area contributed by atoms with Gasteiger partial charge in [-0.1, -0.05) is 0 Å². The van der Waals surface area contributed by atoms with Crippen LogP contribution in [0.3, 0.4) is 0 Å². The van der Waals surface area contributed by atoms with Gasteiger partial charge in [-0.25, -0.2) is 9.37 Å². The Labute approximate surface area is 109 Å². The molecule has 0 spiro atoms. The van der Waals surface area contributed by atoms with Gasteiger partial charge in [0.2, 0.25) is 0 Å². The molecule has 5 heteroatoms. The van der Waals surface area contributed by atoms with Gasteiger partial charge >= 0.3 is 0 Å². The van der Waals surface area contributed by atoms with Crippen LogP contribution in [-0.4, -0.2) is 31.8 Å². The van der Waals surface area contributed by atoms with E-state index in [-0.39, 0.29) is 5.82 Å². The van der Waals surface area contributed by atoms with Crippen molar-refractivity contribution in [3.8, 4) is 0 Å². The van der Waals surface area contributed by atoms with E-state index in [2.05, 4.69) is 20.9 Å². The highest BCUT2D eigenvalue weighted by Gasteiger charge is 2.22. The van der Waals surface area contributed by atoms with Crippen molar-refractivity contribution in [2.75, 3.05) is 31.7 Å². The molecular weight excluding hydrogens is 287 g/mol. The maximum Gasteiger partial charge on any atom is 0.166 e. The molecule has 17 heavy (non-hydrogen) atoms. The summed E-state index contributed by atoms with van der Waals surface area (Å²) in [5.74, 6) is 0.657. The van der Waals surface area contributed by atoms with Crippen molar-refractivity contribution in [2.45, 2.75) is 12.8 Å². The summed E-state index contributed by atoms with van der Waals surface area (Å²) in [7, 11) is 1.71. The SMILES string of the molecule is COCC1CCCN(c2ncc(Br)cc2F)C1. The minimum atomic E-state index is -0.266. The van der Waals surface area contributed by atoms with E-state index in [9.17, 15) is 4.39 Å². The predicted octanol–water partition coefficient (Wildman–Crippen LogP) is 2.85. The number of hydrogen-bond donors (Lipinski definition) is 0. The van der Waals surface area contributed by atoms with Crippen molar-refractivity contribution in [3.05, 3.63) is 22.6 Å². The lowest BCUT2D eigenvalue weighted by molar-refractivity contribution is 0.143. The number of halogens is 2. The number of anilines is 1. The van der Waals surface area contributed by atoms with Gasteiger partial charge in [0, 0.05) is 30.9 Å². The summed E-state index contributed by atoms with van der Waals surface area (Å²) in [6, 6.07) is 1.46. The fourth-order valence-corrected chi connectivity index (χ4v) is 2.57. The highest BCUT2D eigenvalue weighted by molar-refractivity contribution is 9.10. The molecular formula is C12H16BrFN2O. The van der Waals surface area contributed by atoms with E-state index < -0.39 is 0 Å². The molecule has 94 valence electrons. The molecule has 0 radical (unpaired) electrons. The van der Waals surface area contributed by atoms with Crippen molar-refractivity contribution in [1.29, 1.82) is 0 Å². The first-order valence-electron chi connectivity index (χ1n) is 5.75. The lowest BCUT2D eigenvalue weighted by atomic mass is 9.99. The van der Waals surface area contributed by atoms with Gasteiger partial charge in [-0.05, 0) is 40.8 Å². The van der Waals surface area contributed by atoms with E-state index in [0.29, 0.717) is 16.2 Å². The number of pyridine rings is 1. The van der Waals surface area contributed by atoms with Crippen molar-refractivity contribution in [1.82, 2.24) is 4.98 Å². The van der Waals surface area contributed by atoms with Gasteiger partial charge in [0.1, 0.15) is 0 Å². The van der Waals surface area contributed by atoms with E-state index in [1.807, 2.05) is 4.90 Å². The molecule has 3 nitrogen and oxygen atoms in total. The highest BCUT2D eigenvalue weighted by atomic mass is 79.9. The zero-order chi connectivity index (χ0) is 12.3. The fraction of sp³-hybridized carbons (Fsp3) is 0.583. The first-order chi connectivity index (χ1) is 8.20. The van der Waals surface area contributed by atoms with Crippen LogP contribution in [-0.2, 0) is 4.74 Å². The smallest absolute Gasteiger partial charge is 0.166 e. The standard InChI is InChI=1S/C12H16BrFN2O/c1-17-8-9-3-2-4-16(7-9)12-11(14)5-10(13)6-15-12/h5-6,9H,2-4,7-8H2,1H3. The second-order valence-corrected chi connectivity index (χ2v) is 5.28. The van der Waals surface area contributed by atoms with Crippen molar-refractivity contribution in [3.63, 3.8) is 0 Å². The van der Waals surface area contributed by atoms with E-state index >= 15 is 0 Å². The van der Waals surface area contributed by atoms with Crippen LogP contribution in [0, 0.1) is 11.7 Å². The summed E-state index contributed by atoms with van der Waals surface area (Å²) in [6.45, 7) is 2.42. The molecule has 1 fully saturated rings. The number of ether oxygens (including phenoxy) is 1. The van der Waals surface area contributed by atoms with Crippen LogP contribution in [0.5, 0.6) is 0 Å². The third kappa shape index (κ3) is 3.16. The molecule has 0 amide bonds. The van der Waals surface area contributed by atoms with Crippen molar-refractivity contribution >= 4 is 21.7 Å². The molecule has 1 aromatic rings. The Morgan fingerprint density at radius 3 is 3.18 bits per heavy atom. The maximum atomic E-state index is 13.8. The van der Waals surface area contributed by atoms with Crippen LogP contribution in [0.2, 0.25) is 0 Å². The predicted molar refractivity (Wildman–Crippen MR) is 68.7 cm³/mol. The van der Waals surface area contributed by atoms with Gasteiger partial charge < -0.3 is 9.64 Å². The number of aromatic nitrogens is 1. The third-order valence-electron chi connectivity index (χ3n) is 3.01. The Hall–Kier alpha value is -0.680. The average molecular weight is 303 g/mol. The molecule has 1 saturated heterocycles. The molecule has 1 aromatic heterocycles. The van der Waals surface area contributed by atoms with Crippen LogP contribution in [0.4, 0.5) is 10.2 Å². The Morgan fingerprint density at radius 2 is 2.47 bits per heavy atom. The van der Waals surface area contributed by atoms with Crippen LogP contribution in [0.1, 0.15) is 12.8 Å². The Balaban J connectivity index is 2.10. The largest absolute Gasteiger partial charge is 0.384 e. The second-order valence-electron chi connectivity index (χ2n) is 4.37. The molecule has 0 aromatic carbocycles. The lowest BCUT2D eigenvalue weighted by Gasteiger charge is -2.33. The zero-order valence-electron chi connectivity index (χ0n) is 9.83. The van der Waals surface area contributed by atoms with Gasteiger partial charge in [0.25, 0.3) is 0 Å². The number of methoxy groups -OCH3 is 1. The zero-order valence-corrected chi connectivity index (χ0v) is 11.4. The Bertz CT molecular complexity index is 387. The fourth-order valence-electron chi connectivity index (χ4n) is 2.27. The van der Waals surface area contributed by atoms with E-state index in [4.69, 9.17) is 4.74 Å². The van der Waals surface area contributed by atoms with Crippen molar-refractivity contribution in [2.24, 2.45) is 5.92 Å². The molecule has 1 aliphatic heterocycles. The number of piperidine rings is 1. The molecule has 1 unspecified atom stereocenters. The highest BCUT2D eigenvalue weighted by Crippen LogP contribution is 2.25. The van der Waals surface area contributed by atoms with Crippen LogP contribution in [0.25, 0.3) is 0 Å². The quantitative estimate of drug-likeness (QED) is 0.858. The van der Waals surface area contributed by atoms with E-state index in [1.165, 1.54) is 6.07 Å². The van der Waals surface area contributed by atoms with Gasteiger partial charge in [-0.3, -0.25) is 0 Å². The van der Waals surface area contributed by atoms with Gasteiger partial charge in [0.15, 0.2) is 11.6 Å². The summed E-state index contributed by atoms with van der Waals surface area (Å²) < 4.78 is 19.6. The molecule has 0 N–H and O–H groups in total. The summed E-state index contributed by atoms with van der Waals surface area (Å²) in [5, 5.41) is 0. The van der Waals surface area contributed by atoms with Crippen LogP contribution < -0.4 is 4.90 Å². The normalized spacial score (nSPS) is 20.6. The molecule has 0 bridgehead atoms. The monoisotopic (exact) mass is 302 g/mol. The Kier molecular flexibility index (Phi) is 4.34. The summed E-state index contributed by atoms with van der Waals surface area (Å²) in [5.41, 5.74) is 0. The first-order valence-corrected chi connectivity index (χ1v) is 6.55. The number of rotatable bonds is 3. The lowest BCUT2D eigenvalue weighted by Crippen LogP contribution is -2.38. The van der Waals surface area contributed by atoms with Crippen LogP contribution in [0.15, 0.2) is 16.7 Å². The van der Waals surface area contributed by atoms with E-state index in [0.717, 1.165) is 32.5 Å². The van der Waals surface area contributed by atoms with E-state index in [1.54, 1.807) is 13.3 Å². The molecule has 1 atom stereocenters. The summed E-state index contributed by atoms with van der Waals surface area (Å²) in [4.78, 5) is 6.17. The number of nitrogens with zero attached hydrogens (tertiary/aromatic N) is 2. The van der Waals surface area contributed by atoms with Gasteiger partial charge in [-0.15, -0.1) is 0 Å². The molecule has 1 aliphatic rings. The minimum absolute atomic E-state index is 0.266. The van der Waals surface area contributed by atoms with Gasteiger partial charge in [-0.2, -0.15) is 0 Å². The molecule has 0 aliphatic carbocycles. The number of hydrogen-bond acceptors (Lipinski definition) is 3. The minimum Gasteiger partial charge on any atom is -0.384 e. The summed E-state index contributed by atoms with van der Waals surface area (Å²) >= 11 is 3.22. The average Bonchev–Trinajstić information content (AvgIpc) is 2.29. The van der Waals surface area contributed by atoms with Crippen LogP contribution >= 0.6 is 15.9 Å². The third-order valence-corrected chi connectivity index (χ3v) is 3.44.